The second-order valence-corrected chi connectivity index (χ2v) is 5.09. The summed E-state index contributed by atoms with van der Waals surface area (Å²) in [5, 5.41) is 10.2. The normalized spacial score (nSPS) is 13.0. The van der Waals surface area contributed by atoms with Gasteiger partial charge in [0.25, 0.3) is 0 Å². The van der Waals surface area contributed by atoms with Crippen molar-refractivity contribution in [1.29, 1.82) is 0 Å². The number of rotatable bonds is 7. The van der Waals surface area contributed by atoms with Gasteiger partial charge in [-0.15, -0.1) is 0 Å². The number of aliphatic hydroxyl groups is 1. The van der Waals surface area contributed by atoms with Gasteiger partial charge in [0, 0.05) is 0 Å². The Balaban J connectivity index is 2.89. The van der Waals surface area contributed by atoms with Gasteiger partial charge in [0.1, 0.15) is 17.6 Å². The Labute approximate surface area is 128 Å². The molecular formula is C18H26O3. The highest BCUT2D eigenvalue weighted by Crippen LogP contribution is 2.23. The average molecular weight is 290 g/mol. The van der Waals surface area contributed by atoms with Gasteiger partial charge in [-0.1, -0.05) is 38.5 Å². The van der Waals surface area contributed by atoms with Crippen LogP contribution in [0, 0.1) is 17.8 Å². The topological polar surface area (TPSA) is 38.7 Å². The molecule has 0 aliphatic heterocycles. The van der Waals surface area contributed by atoms with Gasteiger partial charge in [-0.2, -0.15) is 0 Å². The SMILES string of the molecule is CCCCC(CC)C(O)C#Cc1cc(OC)ccc1OC. The smallest absolute Gasteiger partial charge is 0.134 e. The number of unbranched alkanes of at least 4 members (excludes halogenated alkanes) is 1. The second-order valence-electron chi connectivity index (χ2n) is 5.09. The summed E-state index contributed by atoms with van der Waals surface area (Å²) in [5.41, 5.74) is 0.737. The van der Waals surface area contributed by atoms with Crippen LogP contribution < -0.4 is 9.47 Å². The maximum Gasteiger partial charge on any atom is 0.134 e. The molecule has 116 valence electrons. The van der Waals surface area contributed by atoms with E-state index in [4.69, 9.17) is 9.47 Å². The van der Waals surface area contributed by atoms with E-state index in [1.54, 1.807) is 14.2 Å². The lowest BCUT2D eigenvalue weighted by atomic mass is 9.93. The third-order valence-corrected chi connectivity index (χ3v) is 3.66. The largest absolute Gasteiger partial charge is 0.497 e. The van der Waals surface area contributed by atoms with Gasteiger partial charge in [0.05, 0.1) is 19.8 Å². The van der Waals surface area contributed by atoms with Crippen LogP contribution >= 0.6 is 0 Å². The second kappa shape index (κ2) is 9.31. The van der Waals surface area contributed by atoms with Crippen LogP contribution in [0.1, 0.15) is 45.1 Å². The lowest BCUT2D eigenvalue weighted by molar-refractivity contribution is 0.150. The Morgan fingerprint density at radius 2 is 1.95 bits per heavy atom. The number of aliphatic hydroxyl groups excluding tert-OH is 1. The Morgan fingerprint density at radius 3 is 2.52 bits per heavy atom. The molecule has 3 nitrogen and oxygen atoms in total. The van der Waals surface area contributed by atoms with E-state index in [1.807, 2.05) is 18.2 Å². The molecule has 0 radical (unpaired) electrons. The maximum atomic E-state index is 10.2. The molecule has 0 fully saturated rings. The van der Waals surface area contributed by atoms with Gasteiger partial charge < -0.3 is 14.6 Å². The first-order chi connectivity index (χ1) is 10.2. The molecule has 0 bridgehead atoms. The Hall–Kier alpha value is -1.66. The van der Waals surface area contributed by atoms with Crippen molar-refractivity contribution in [2.24, 2.45) is 5.92 Å². The zero-order chi connectivity index (χ0) is 15.7. The first kappa shape index (κ1) is 17.4. The van der Waals surface area contributed by atoms with E-state index < -0.39 is 6.10 Å². The van der Waals surface area contributed by atoms with E-state index in [2.05, 4.69) is 25.7 Å². The van der Waals surface area contributed by atoms with Crippen molar-refractivity contribution in [3.8, 4) is 23.3 Å². The van der Waals surface area contributed by atoms with Gasteiger partial charge in [-0.25, -0.2) is 0 Å². The van der Waals surface area contributed by atoms with Crippen molar-refractivity contribution in [2.45, 2.75) is 45.6 Å². The van der Waals surface area contributed by atoms with E-state index in [0.717, 1.165) is 37.0 Å². The summed E-state index contributed by atoms with van der Waals surface area (Å²) in [7, 11) is 3.23. The zero-order valence-electron chi connectivity index (χ0n) is 13.5. The quantitative estimate of drug-likeness (QED) is 0.779. The highest BCUT2D eigenvalue weighted by Gasteiger charge is 2.14. The summed E-state index contributed by atoms with van der Waals surface area (Å²) in [5.74, 6) is 7.63. The fourth-order valence-corrected chi connectivity index (χ4v) is 2.23. The molecule has 2 unspecified atom stereocenters. The van der Waals surface area contributed by atoms with Crippen molar-refractivity contribution < 1.29 is 14.6 Å². The molecule has 0 amide bonds. The zero-order valence-corrected chi connectivity index (χ0v) is 13.5. The molecule has 1 rings (SSSR count). The van der Waals surface area contributed by atoms with Gasteiger partial charge >= 0.3 is 0 Å². The summed E-state index contributed by atoms with van der Waals surface area (Å²) in [6.07, 6.45) is 3.61. The predicted molar refractivity (Wildman–Crippen MR) is 85.7 cm³/mol. The molecule has 21 heavy (non-hydrogen) atoms. The standard InChI is InChI=1S/C18H26O3/c1-5-7-8-14(6-2)17(19)11-9-15-13-16(20-3)10-12-18(15)21-4/h10,12-14,17,19H,5-8H2,1-4H3. The molecule has 1 aromatic rings. The van der Waals surface area contributed by atoms with Crippen LogP contribution in [-0.4, -0.2) is 25.4 Å². The fourth-order valence-electron chi connectivity index (χ4n) is 2.23. The fraction of sp³-hybridized carbons (Fsp3) is 0.556. The highest BCUT2D eigenvalue weighted by atomic mass is 16.5. The van der Waals surface area contributed by atoms with Crippen LogP contribution in [0.4, 0.5) is 0 Å². The van der Waals surface area contributed by atoms with E-state index >= 15 is 0 Å². The van der Waals surface area contributed by atoms with Crippen molar-refractivity contribution in [3.05, 3.63) is 23.8 Å². The first-order valence-corrected chi connectivity index (χ1v) is 7.57. The molecule has 0 aliphatic rings. The van der Waals surface area contributed by atoms with E-state index in [0.29, 0.717) is 5.75 Å². The summed E-state index contributed by atoms with van der Waals surface area (Å²) >= 11 is 0. The lowest BCUT2D eigenvalue weighted by Crippen LogP contribution is -2.17. The van der Waals surface area contributed by atoms with Crippen LogP contribution in [-0.2, 0) is 0 Å². The number of hydrogen-bond donors (Lipinski definition) is 1. The third-order valence-electron chi connectivity index (χ3n) is 3.66. The minimum absolute atomic E-state index is 0.231. The van der Waals surface area contributed by atoms with Crippen molar-refractivity contribution >= 4 is 0 Å². The van der Waals surface area contributed by atoms with Crippen LogP contribution in [0.25, 0.3) is 0 Å². The summed E-state index contributed by atoms with van der Waals surface area (Å²) in [4.78, 5) is 0. The Kier molecular flexibility index (Phi) is 7.71. The van der Waals surface area contributed by atoms with Gasteiger partial charge in [-0.3, -0.25) is 0 Å². The van der Waals surface area contributed by atoms with Crippen LogP contribution in [0.2, 0.25) is 0 Å². The molecule has 0 heterocycles. The van der Waals surface area contributed by atoms with Crippen molar-refractivity contribution in [3.63, 3.8) is 0 Å². The molecular weight excluding hydrogens is 264 g/mol. The van der Waals surface area contributed by atoms with Gasteiger partial charge in [-0.05, 0) is 37.0 Å². The number of benzene rings is 1. The van der Waals surface area contributed by atoms with Crippen LogP contribution in [0.15, 0.2) is 18.2 Å². The van der Waals surface area contributed by atoms with Gasteiger partial charge in [0.15, 0.2) is 0 Å². The molecule has 0 saturated heterocycles. The van der Waals surface area contributed by atoms with E-state index in [9.17, 15) is 5.11 Å². The van der Waals surface area contributed by atoms with E-state index in [-0.39, 0.29) is 5.92 Å². The number of methoxy groups -OCH3 is 2. The third kappa shape index (κ3) is 5.32. The molecule has 3 heteroatoms. The summed E-state index contributed by atoms with van der Waals surface area (Å²) < 4.78 is 10.5. The van der Waals surface area contributed by atoms with Gasteiger partial charge in [0.2, 0.25) is 0 Å². The number of ether oxygens (including phenoxy) is 2. The lowest BCUT2D eigenvalue weighted by Gasteiger charge is -2.16. The predicted octanol–water partition coefficient (Wildman–Crippen LogP) is 3.63. The Bertz CT molecular complexity index is 485. The summed E-state index contributed by atoms with van der Waals surface area (Å²) in [6.45, 7) is 4.25. The maximum absolute atomic E-state index is 10.2. The van der Waals surface area contributed by atoms with Crippen molar-refractivity contribution in [2.75, 3.05) is 14.2 Å². The molecule has 0 spiro atoms. The monoisotopic (exact) mass is 290 g/mol. The molecule has 1 aromatic carbocycles. The molecule has 2 atom stereocenters. The number of hydrogen-bond acceptors (Lipinski definition) is 3. The van der Waals surface area contributed by atoms with Crippen LogP contribution in [0.5, 0.6) is 11.5 Å². The Morgan fingerprint density at radius 1 is 1.19 bits per heavy atom. The summed E-state index contributed by atoms with van der Waals surface area (Å²) in [6, 6.07) is 5.48. The average Bonchev–Trinajstić information content (AvgIpc) is 2.53. The highest BCUT2D eigenvalue weighted by molar-refractivity contribution is 5.50. The molecule has 0 aliphatic carbocycles. The molecule has 0 aromatic heterocycles. The molecule has 1 N–H and O–H groups in total. The minimum Gasteiger partial charge on any atom is -0.497 e. The first-order valence-electron chi connectivity index (χ1n) is 7.57. The van der Waals surface area contributed by atoms with Crippen molar-refractivity contribution in [1.82, 2.24) is 0 Å². The van der Waals surface area contributed by atoms with Crippen LogP contribution in [0.3, 0.4) is 0 Å². The van der Waals surface area contributed by atoms with E-state index in [1.165, 1.54) is 0 Å². The minimum atomic E-state index is -0.600. The molecule has 0 saturated carbocycles.